The summed E-state index contributed by atoms with van der Waals surface area (Å²) in [6.45, 7) is 5.38. The number of rotatable bonds is 5. The van der Waals surface area contributed by atoms with Crippen molar-refractivity contribution in [3.8, 4) is 0 Å². The second kappa shape index (κ2) is 8.75. The number of sulfonamides is 1. The minimum absolute atomic E-state index is 0.225. The maximum Gasteiger partial charge on any atom is 0.243 e. The number of amides is 1. The van der Waals surface area contributed by atoms with Crippen LogP contribution in [-0.2, 0) is 19.6 Å². The van der Waals surface area contributed by atoms with Gasteiger partial charge in [0.2, 0.25) is 15.9 Å². The smallest absolute Gasteiger partial charge is 0.243 e. The molecule has 2 aliphatic rings. The molecule has 160 valence electrons. The topological polar surface area (TPSA) is 79.0 Å². The van der Waals surface area contributed by atoms with E-state index in [9.17, 15) is 13.2 Å². The molecule has 0 aliphatic carbocycles. The molecule has 0 unspecified atom stereocenters. The fourth-order valence-corrected chi connectivity index (χ4v) is 5.59. The predicted molar refractivity (Wildman–Crippen MR) is 116 cm³/mol. The number of nitrogens with one attached hydrogen (secondary N) is 1. The van der Waals surface area contributed by atoms with E-state index in [4.69, 9.17) is 4.74 Å². The minimum Gasteiger partial charge on any atom is -0.378 e. The van der Waals surface area contributed by atoms with Gasteiger partial charge in [-0.05, 0) is 56.2 Å². The van der Waals surface area contributed by atoms with Gasteiger partial charge in [0.05, 0.1) is 18.1 Å². The van der Waals surface area contributed by atoms with Crippen molar-refractivity contribution in [2.24, 2.45) is 0 Å². The minimum atomic E-state index is -3.71. The fourth-order valence-electron chi connectivity index (χ4n) is 3.94. The van der Waals surface area contributed by atoms with Gasteiger partial charge in [-0.15, -0.1) is 0 Å². The van der Waals surface area contributed by atoms with E-state index in [-0.39, 0.29) is 10.8 Å². The quantitative estimate of drug-likeness (QED) is 0.791. The lowest BCUT2D eigenvalue weighted by Gasteiger charge is -2.29. The number of hydrogen-bond donors (Lipinski definition) is 1. The van der Waals surface area contributed by atoms with Crippen LogP contribution in [0.3, 0.4) is 0 Å². The first-order valence-corrected chi connectivity index (χ1v) is 11.7. The molecule has 2 heterocycles. The number of morpholine rings is 1. The Morgan fingerprint density at radius 1 is 1.00 bits per heavy atom. The van der Waals surface area contributed by atoms with Crippen molar-refractivity contribution in [2.75, 3.05) is 43.1 Å². The summed E-state index contributed by atoms with van der Waals surface area (Å²) in [5, 5.41) is 2.89. The van der Waals surface area contributed by atoms with E-state index in [1.807, 2.05) is 31.2 Å². The molecule has 2 fully saturated rings. The Bertz CT molecular complexity index is 984. The van der Waals surface area contributed by atoms with E-state index >= 15 is 0 Å². The highest BCUT2D eigenvalue weighted by molar-refractivity contribution is 7.89. The average Bonchev–Trinajstić information content (AvgIpc) is 3.26. The molecule has 8 heteroatoms. The van der Waals surface area contributed by atoms with E-state index in [1.165, 1.54) is 4.31 Å². The second-order valence-corrected chi connectivity index (χ2v) is 9.61. The zero-order valence-corrected chi connectivity index (χ0v) is 17.9. The molecule has 1 N–H and O–H groups in total. The molecule has 2 saturated heterocycles. The van der Waals surface area contributed by atoms with Gasteiger partial charge in [0.1, 0.15) is 6.04 Å². The van der Waals surface area contributed by atoms with E-state index in [0.717, 1.165) is 24.3 Å². The average molecular weight is 430 g/mol. The molecule has 0 spiro atoms. The van der Waals surface area contributed by atoms with Crippen LogP contribution in [0.2, 0.25) is 0 Å². The van der Waals surface area contributed by atoms with Crippen LogP contribution in [0, 0.1) is 6.92 Å². The van der Waals surface area contributed by atoms with Gasteiger partial charge in [0, 0.05) is 31.0 Å². The van der Waals surface area contributed by atoms with Crippen molar-refractivity contribution < 1.29 is 17.9 Å². The molecule has 1 amide bonds. The molecule has 2 aliphatic heterocycles. The highest BCUT2D eigenvalue weighted by Gasteiger charge is 2.39. The van der Waals surface area contributed by atoms with Crippen molar-refractivity contribution in [1.82, 2.24) is 4.31 Å². The van der Waals surface area contributed by atoms with Crippen molar-refractivity contribution in [3.63, 3.8) is 0 Å². The summed E-state index contributed by atoms with van der Waals surface area (Å²) in [7, 11) is -3.71. The van der Waals surface area contributed by atoms with E-state index in [1.54, 1.807) is 24.3 Å². The first-order valence-electron chi connectivity index (χ1n) is 10.3. The van der Waals surface area contributed by atoms with Gasteiger partial charge in [-0.1, -0.05) is 17.7 Å². The van der Waals surface area contributed by atoms with Crippen LogP contribution in [0.4, 0.5) is 11.4 Å². The third-order valence-corrected chi connectivity index (χ3v) is 7.57. The van der Waals surface area contributed by atoms with Crippen LogP contribution in [0.1, 0.15) is 18.4 Å². The van der Waals surface area contributed by atoms with Crippen molar-refractivity contribution in [2.45, 2.75) is 30.7 Å². The number of benzene rings is 2. The number of anilines is 2. The predicted octanol–water partition coefficient (Wildman–Crippen LogP) is 2.62. The van der Waals surface area contributed by atoms with E-state index in [0.29, 0.717) is 38.3 Å². The highest BCUT2D eigenvalue weighted by Crippen LogP contribution is 2.27. The van der Waals surface area contributed by atoms with Crippen LogP contribution in [0.5, 0.6) is 0 Å². The van der Waals surface area contributed by atoms with Crippen molar-refractivity contribution in [3.05, 3.63) is 54.1 Å². The standard InChI is InChI=1S/C22H27N3O4S/c1-17-4-10-20(11-5-17)30(27,28)25-12-2-3-21(25)22(26)23-18-6-8-19(9-7-18)24-13-15-29-16-14-24/h4-11,21H,2-3,12-16H2,1H3,(H,23,26)/t21-/m0/s1. The molecule has 1 atom stereocenters. The second-order valence-electron chi connectivity index (χ2n) is 7.72. The van der Waals surface area contributed by atoms with Gasteiger partial charge in [-0.3, -0.25) is 4.79 Å². The lowest BCUT2D eigenvalue weighted by atomic mass is 10.2. The lowest BCUT2D eigenvalue weighted by Crippen LogP contribution is -2.43. The normalized spacial score (nSPS) is 20.3. The molecule has 4 rings (SSSR count). The highest BCUT2D eigenvalue weighted by atomic mass is 32.2. The number of aryl methyl sites for hydroxylation is 1. The Hall–Kier alpha value is -2.42. The van der Waals surface area contributed by atoms with Gasteiger partial charge >= 0.3 is 0 Å². The third-order valence-electron chi connectivity index (χ3n) is 5.64. The summed E-state index contributed by atoms with van der Waals surface area (Å²) in [4.78, 5) is 15.4. The SMILES string of the molecule is Cc1ccc(S(=O)(=O)N2CCC[C@H]2C(=O)Nc2ccc(N3CCOCC3)cc2)cc1. The van der Waals surface area contributed by atoms with Crippen LogP contribution in [0.25, 0.3) is 0 Å². The summed E-state index contributed by atoms with van der Waals surface area (Å²) < 4.78 is 32.8. The molecule has 30 heavy (non-hydrogen) atoms. The van der Waals surface area contributed by atoms with Crippen molar-refractivity contribution >= 4 is 27.3 Å². The molecule has 0 radical (unpaired) electrons. The van der Waals surface area contributed by atoms with Gasteiger partial charge in [0.15, 0.2) is 0 Å². The summed E-state index contributed by atoms with van der Waals surface area (Å²) in [6, 6.07) is 13.7. The van der Waals surface area contributed by atoms with Gasteiger partial charge in [-0.25, -0.2) is 8.42 Å². The Morgan fingerprint density at radius 2 is 1.67 bits per heavy atom. The van der Waals surface area contributed by atoms with Crippen LogP contribution in [0.15, 0.2) is 53.4 Å². The summed E-state index contributed by atoms with van der Waals surface area (Å²) in [6.07, 6.45) is 1.18. The first-order chi connectivity index (χ1) is 14.4. The molecule has 0 saturated carbocycles. The Labute approximate surface area is 177 Å². The van der Waals surface area contributed by atoms with Crippen LogP contribution in [-0.4, -0.2) is 57.5 Å². The summed E-state index contributed by atoms with van der Waals surface area (Å²) in [5.74, 6) is -0.290. The van der Waals surface area contributed by atoms with Gasteiger partial charge in [-0.2, -0.15) is 4.31 Å². The van der Waals surface area contributed by atoms with Crippen molar-refractivity contribution in [1.29, 1.82) is 0 Å². The van der Waals surface area contributed by atoms with Gasteiger partial charge < -0.3 is 15.0 Å². The maximum atomic E-state index is 13.1. The largest absolute Gasteiger partial charge is 0.378 e. The molecular weight excluding hydrogens is 402 g/mol. The molecule has 2 aromatic rings. The number of nitrogens with zero attached hydrogens (tertiary/aromatic N) is 2. The maximum absolute atomic E-state index is 13.1. The van der Waals surface area contributed by atoms with E-state index < -0.39 is 16.1 Å². The molecule has 0 aromatic heterocycles. The Morgan fingerprint density at radius 3 is 2.33 bits per heavy atom. The van der Waals surface area contributed by atoms with Gasteiger partial charge in [0.25, 0.3) is 0 Å². The first kappa shape index (κ1) is 20.8. The summed E-state index contributed by atoms with van der Waals surface area (Å²) >= 11 is 0. The molecule has 2 aromatic carbocycles. The molecular formula is C22H27N3O4S. The summed E-state index contributed by atoms with van der Waals surface area (Å²) in [5.41, 5.74) is 2.74. The van der Waals surface area contributed by atoms with E-state index in [2.05, 4.69) is 10.2 Å². The number of ether oxygens (including phenoxy) is 1. The fraction of sp³-hybridized carbons (Fsp3) is 0.409. The van der Waals surface area contributed by atoms with Crippen LogP contribution >= 0.6 is 0 Å². The zero-order valence-electron chi connectivity index (χ0n) is 17.1. The molecule has 0 bridgehead atoms. The zero-order chi connectivity index (χ0) is 21.1. The monoisotopic (exact) mass is 429 g/mol. The third kappa shape index (κ3) is 4.35. The Kier molecular flexibility index (Phi) is 6.08. The number of carbonyl (C=O) groups excluding carboxylic acids is 1. The Balaban J connectivity index is 1.45. The number of carbonyl (C=O) groups is 1. The lowest BCUT2D eigenvalue weighted by molar-refractivity contribution is -0.119. The number of hydrogen-bond acceptors (Lipinski definition) is 5. The van der Waals surface area contributed by atoms with Crippen LogP contribution < -0.4 is 10.2 Å². The molecule has 7 nitrogen and oxygen atoms in total.